The first-order valence-electron chi connectivity index (χ1n) is 7.83. The van der Waals surface area contributed by atoms with Crippen molar-refractivity contribution < 1.29 is 9.72 Å². The summed E-state index contributed by atoms with van der Waals surface area (Å²) in [4.78, 5) is 22.7. The average molecular weight is 402 g/mol. The number of hydrogen-bond acceptors (Lipinski definition) is 4. The maximum absolute atomic E-state index is 12.3. The van der Waals surface area contributed by atoms with Crippen LogP contribution in [0, 0.1) is 17.0 Å². The van der Waals surface area contributed by atoms with Gasteiger partial charge in [0.1, 0.15) is 0 Å². The Balaban J connectivity index is 1.77. The standard InChI is InChI=1S/C19H13Cl2N3O3/c1-11-8-13(3-6-18(11)24(26)27)19(25)7-4-14-10-17(23-22-14)12-2-5-15(20)16(21)9-12/h2-10H,1H3,(H,22,23)/b7-4+. The van der Waals surface area contributed by atoms with Crippen LogP contribution in [0.4, 0.5) is 5.69 Å². The highest BCUT2D eigenvalue weighted by atomic mass is 35.5. The summed E-state index contributed by atoms with van der Waals surface area (Å²) in [5.41, 5.74) is 2.86. The highest BCUT2D eigenvalue weighted by Crippen LogP contribution is 2.28. The molecule has 1 heterocycles. The van der Waals surface area contributed by atoms with Gasteiger partial charge in [-0.1, -0.05) is 29.3 Å². The Hall–Kier alpha value is -2.96. The molecule has 27 heavy (non-hydrogen) atoms. The largest absolute Gasteiger partial charge is 0.289 e. The van der Waals surface area contributed by atoms with Gasteiger partial charge in [-0.15, -0.1) is 0 Å². The highest BCUT2D eigenvalue weighted by Gasteiger charge is 2.12. The van der Waals surface area contributed by atoms with E-state index in [9.17, 15) is 14.9 Å². The van der Waals surface area contributed by atoms with Crippen molar-refractivity contribution in [2.24, 2.45) is 0 Å². The molecule has 8 heteroatoms. The molecular formula is C19H13Cl2N3O3. The van der Waals surface area contributed by atoms with Crippen molar-refractivity contribution in [2.45, 2.75) is 6.92 Å². The lowest BCUT2D eigenvalue weighted by atomic mass is 10.1. The molecule has 6 nitrogen and oxygen atoms in total. The van der Waals surface area contributed by atoms with E-state index in [4.69, 9.17) is 23.2 Å². The third kappa shape index (κ3) is 4.24. The third-order valence-corrected chi connectivity index (χ3v) is 4.64. The van der Waals surface area contributed by atoms with Gasteiger partial charge in [-0.05, 0) is 49.4 Å². The number of allylic oxidation sites excluding steroid dienone is 1. The van der Waals surface area contributed by atoms with Crippen LogP contribution in [0.5, 0.6) is 0 Å². The van der Waals surface area contributed by atoms with Crippen LogP contribution in [0.2, 0.25) is 10.0 Å². The molecule has 0 fully saturated rings. The zero-order chi connectivity index (χ0) is 19.6. The van der Waals surface area contributed by atoms with Crippen LogP contribution in [0.1, 0.15) is 21.6 Å². The van der Waals surface area contributed by atoms with Crippen LogP contribution < -0.4 is 0 Å². The lowest BCUT2D eigenvalue weighted by Crippen LogP contribution is -1.98. The lowest BCUT2D eigenvalue weighted by Gasteiger charge is -1.99. The number of aromatic amines is 1. The van der Waals surface area contributed by atoms with E-state index < -0.39 is 4.92 Å². The Morgan fingerprint density at radius 2 is 1.93 bits per heavy atom. The summed E-state index contributed by atoms with van der Waals surface area (Å²) in [7, 11) is 0. The first kappa shape index (κ1) is 18.8. The summed E-state index contributed by atoms with van der Waals surface area (Å²) in [6, 6.07) is 11.2. The lowest BCUT2D eigenvalue weighted by molar-refractivity contribution is -0.385. The minimum atomic E-state index is -0.478. The van der Waals surface area contributed by atoms with Gasteiger partial charge in [-0.3, -0.25) is 20.0 Å². The molecule has 0 saturated heterocycles. The molecule has 0 aliphatic rings. The van der Waals surface area contributed by atoms with Gasteiger partial charge in [0.2, 0.25) is 0 Å². The molecule has 0 unspecified atom stereocenters. The van der Waals surface area contributed by atoms with E-state index in [0.717, 1.165) is 5.56 Å². The molecule has 1 N–H and O–H groups in total. The van der Waals surface area contributed by atoms with Gasteiger partial charge in [-0.25, -0.2) is 0 Å². The Morgan fingerprint density at radius 1 is 1.15 bits per heavy atom. The molecule has 0 bridgehead atoms. The average Bonchev–Trinajstić information content (AvgIpc) is 3.10. The Kier molecular flexibility index (Phi) is 5.39. The molecule has 2 aromatic carbocycles. The number of aromatic nitrogens is 2. The molecule has 3 rings (SSSR count). The fraction of sp³-hybridized carbons (Fsp3) is 0.0526. The van der Waals surface area contributed by atoms with Crippen molar-refractivity contribution in [3.63, 3.8) is 0 Å². The SMILES string of the molecule is Cc1cc(C(=O)/C=C/c2cc(-c3ccc(Cl)c(Cl)c3)n[nH]2)ccc1[N+](=O)[O-]. The Morgan fingerprint density at radius 3 is 2.59 bits per heavy atom. The van der Waals surface area contributed by atoms with Gasteiger partial charge in [0, 0.05) is 22.8 Å². The number of carbonyl (C=O) groups is 1. The first-order valence-corrected chi connectivity index (χ1v) is 8.59. The summed E-state index contributed by atoms with van der Waals surface area (Å²) >= 11 is 11.9. The second kappa shape index (κ2) is 7.73. The number of rotatable bonds is 5. The van der Waals surface area contributed by atoms with E-state index in [1.54, 1.807) is 37.3 Å². The second-order valence-corrected chi connectivity index (χ2v) is 6.61. The van der Waals surface area contributed by atoms with Crippen LogP contribution in [0.15, 0.2) is 48.5 Å². The van der Waals surface area contributed by atoms with Crippen LogP contribution in [-0.2, 0) is 0 Å². The van der Waals surface area contributed by atoms with Crippen molar-refractivity contribution in [3.8, 4) is 11.3 Å². The summed E-state index contributed by atoms with van der Waals surface area (Å²) in [5.74, 6) is -0.265. The van der Waals surface area contributed by atoms with Gasteiger partial charge >= 0.3 is 0 Å². The summed E-state index contributed by atoms with van der Waals surface area (Å²) in [6.07, 6.45) is 2.97. The summed E-state index contributed by atoms with van der Waals surface area (Å²) in [5, 5.41) is 18.8. The number of carbonyl (C=O) groups excluding carboxylic acids is 1. The predicted molar refractivity (Wildman–Crippen MR) is 105 cm³/mol. The summed E-state index contributed by atoms with van der Waals surface area (Å²) in [6.45, 7) is 1.59. The fourth-order valence-corrected chi connectivity index (χ4v) is 2.80. The minimum Gasteiger partial charge on any atom is -0.289 e. The monoisotopic (exact) mass is 401 g/mol. The molecule has 1 aromatic heterocycles. The molecule has 0 saturated carbocycles. The number of nitrogens with zero attached hydrogens (tertiary/aromatic N) is 2. The number of nitro groups is 1. The fourth-order valence-electron chi connectivity index (χ4n) is 2.50. The van der Waals surface area contributed by atoms with Crippen molar-refractivity contribution >= 4 is 40.7 Å². The molecule has 3 aromatic rings. The molecule has 0 amide bonds. The zero-order valence-electron chi connectivity index (χ0n) is 14.1. The smallest absolute Gasteiger partial charge is 0.272 e. The number of H-pyrrole nitrogens is 1. The van der Waals surface area contributed by atoms with Crippen molar-refractivity contribution in [2.75, 3.05) is 0 Å². The van der Waals surface area contributed by atoms with Crippen LogP contribution in [-0.4, -0.2) is 20.9 Å². The van der Waals surface area contributed by atoms with E-state index in [-0.39, 0.29) is 11.5 Å². The van der Waals surface area contributed by atoms with Gasteiger partial charge in [0.05, 0.1) is 26.4 Å². The topological polar surface area (TPSA) is 88.9 Å². The van der Waals surface area contributed by atoms with Crippen molar-refractivity contribution in [1.82, 2.24) is 10.2 Å². The van der Waals surface area contributed by atoms with Crippen molar-refractivity contribution in [3.05, 3.63) is 85.5 Å². The number of ketones is 1. The molecular weight excluding hydrogens is 389 g/mol. The molecule has 0 aliphatic carbocycles. The Bertz CT molecular complexity index is 1070. The molecule has 136 valence electrons. The van der Waals surface area contributed by atoms with E-state index in [0.29, 0.717) is 32.6 Å². The number of benzene rings is 2. The van der Waals surface area contributed by atoms with Gasteiger partial charge < -0.3 is 0 Å². The molecule has 0 aliphatic heterocycles. The maximum atomic E-state index is 12.3. The van der Waals surface area contributed by atoms with E-state index in [1.165, 1.54) is 24.3 Å². The van der Waals surface area contributed by atoms with Gasteiger partial charge in [-0.2, -0.15) is 5.10 Å². The van der Waals surface area contributed by atoms with Crippen molar-refractivity contribution in [1.29, 1.82) is 0 Å². The normalized spacial score (nSPS) is 11.1. The van der Waals surface area contributed by atoms with Gasteiger partial charge in [0.15, 0.2) is 5.78 Å². The number of nitrogens with one attached hydrogen (secondary N) is 1. The summed E-state index contributed by atoms with van der Waals surface area (Å²) < 4.78 is 0. The van der Waals surface area contributed by atoms with Crippen LogP contribution >= 0.6 is 23.2 Å². The first-order chi connectivity index (χ1) is 12.8. The van der Waals surface area contributed by atoms with Crippen LogP contribution in [0.3, 0.4) is 0 Å². The molecule has 0 atom stereocenters. The van der Waals surface area contributed by atoms with Crippen LogP contribution in [0.25, 0.3) is 17.3 Å². The number of hydrogen-bond donors (Lipinski definition) is 1. The maximum Gasteiger partial charge on any atom is 0.272 e. The number of aryl methyl sites for hydroxylation is 1. The quantitative estimate of drug-likeness (QED) is 0.264. The van der Waals surface area contributed by atoms with E-state index in [2.05, 4.69) is 10.2 Å². The molecule has 0 spiro atoms. The molecule has 0 radical (unpaired) electrons. The van der Waals surface area contributed by atoms with Gasteiger partial charge in [0.25, 0.3) is 5.69 Å². The van der Waals surface area contributed by atoms with E-state index >= 15 is 0 Å². The minimum absolute atomic E-state index is 0.0182. The number of halogens is 2. The predicted octanol–water partition coefficient (Wildman–Crippen LogP) is 5.50. The second-order valence-electron chi connectivity index (χ2n) is 5.79. The highest BCUT2D eigenvalue weighted by molar-refractivity contribution is 6.42. The zero-order valence-corrected chi connectivity index (χ0v) is 15.6. The third-order valence-electron chi connectivity index (χ3n) is 3.91. The number of nitro benzene ring substituents is 1. The Labute approximate surface area is 164 Å². The van der Waals surface area contributed by atoms with E-state index in [1.807, 2.05) is 0 Å².